The molecule has 0 saturated carbocycles. The third-order valence-corrected chi connectivity index (χ3v) is 7.87. The molecule has 4 rings (SSSR count). The van der Waals surface area contributed by atoms with Crippen molar-refractivity contribution in [2.24, 2.45) is 0 Å². The van der Waals surface area contributed by atoms with Crippen molar-refractivity contribution in [3.8, 4) is 22.5 Å². The van der Waals surface area contributed by atoms with Gasteiger partial charge in [-0.1, -0.05) is 41.6 Å². The van der Waals surface area contributed by atoms with Gasteiger partial charge in [-0.05, 0) is 32.4 Å². The summed E-state index contributed by atoms with van der Waals surface area (Å²) in [6.07, 6.45) is 0. The van der Waals surface area contributed by atoms with Gasteiger partial charge in [0.1, 0.15) is 10.6 Å². The smallest absolute Gasteiger partial charge is 0.341 e. The number of hydrogen-bond donors (Lipinski definition) is 1. The molecule has 0 fully saturated rings. The van der Waals surface area contributed by atoms with E-state index in [0.29, 0.717) is 22.3 Å². The zero-order valence-corrected chi connectivity index (χ0v) is 21.7. The second kappa shape index (κ2) is 10.5. The molecule has 0 bridgehead atoms. The van der Waals surface area contributed by atoms with Gasteiger partial charge in [0.25, 0.3) is 0 Å². The number of nitrogens with one attached hydrogen (secondary N) is 1. The van der Waals surface area contributed by atoms with Crippen LogP contribution in [-0.4, -0.2) is 39.5 Å². The minimum atomic E-state index is -0.485. The van der Waals surface area contributed by atoms with Gasteiger partial charge in [0.05, 0.1) is 12.9 Å². The number of thioether (sulfide) groups is 1. The van der Waals surface area contributed by atoms with Gasteiger partial charge < -0.3 is 14.6 Å². The average Bonchev–Trinajstić information content (AvgIpc) is 3.55. The van der Waals surface area contributed by atoms with Crippen molar-refractivity contribution in [2.75, 3.05) is 18.2 Å². The Bertz CT molecular complexity index is 1320. The second-order valence-corrected chi connectivity index (χ2v) is 10.5. The summed E-state index contributed by atoms with van der Waals surface area (Å²) in [6, 6.07) is 9.96. The van der Waals surface area contributed by atoms with Crippen LogP contribution in [0.5, 0.6) is 0 Å². The molecule has 0 aliphatic heterocycles. The first-order valence-corrected chi connectivity index (χ1v) is 13.3. The van der Waals surface area contributed by atoms with E-state index in [0.717, 1.165) is 28.1 Å². The number of rotatable bonds is 8. The molecule has 3 heterocycles. The highest BCUT2D eigenvalue weighted by molar-refractivity contribution is 7.99. The van der Waals surface area contributed by atoms with Gasteiger partial charge >= 0.3 is 5.97 Å². The van der Waals surface area contributed by atoms with E-state index in [9.17, 15) is 9.59 Å². The molecule has 0 unspecified atom stereocenters. The van der Waals surface area contributed by atoms with Crippen molar-refractivity contribution < 1.29 is 14.3 Å². The number of amides is 1. The zero-order chi connectivity index (χ0) is 24.2. The van der Waals surface area contributed by atoms with Gasteiger partial charge in [-0.15, -0.1) is 32.9 Å². The molecular formula is C24H24N4O3S3. The number of carbonyl (C=O) groups excluding carboxylic acids is 2. The van der Waals surface area contributed by atoms with Crippen molar-refractivity contribution in [1.29, 1.82) is 0 Å². The first-order chi connectivity index (χ1) is 16.4. The number of aryl methyl sites for hydroxylation is 2. The molecule has 10 heteroatoms. The highest BCUT2D eigenvalue weighted by Gasteiger charge is 2.23. The molecular weight excluding hydrogens is 488 g/mol. The monoisotopic (exact) mass is 512 g/mol. The number of anilines is 1. The lowest BCUT2D eigenvalue weighted by atomic mass is 10.0. The van der Waals surface area contributed by atoms with Crippen molar-refractivity contribution in [3.05, 3.63) is 57.1 Å². The fourth-order valence-electron chi connectivity index (χ4n) is 3.45. The maximum atomic E-state index is 12.8. The summed E-state index contributed by atoms with van der Waals surface area (Å²) in [5.41, 5.74) is 4.14. The Hall–Kier alpha value is -2.95. The Morgan fingerprint density at radius 3 is 2.50 bits per heavy atom. The molecule has 7 nitrogen and oxygen atoms in total. The van der Waals surface area contributed by atoms with Gasteiger partial charge in [-0.25, -0.2) is 4.79 Å². The van der Waals surface area contributed by atoms with E-state index in [1.807, 2.05) is 48.1 Å². The third kappa shape index (κ3) is 5.08. The zero-order valence-electron chi connectivity index (χ0n) is 19.2. The molecule has 1 amide bonds. The van der Waals surface area contributed by atoms with Gasteiger partial charge in [0.2, 0.25) is 5.91 Å². The lowest BCUT2D eigenvalue weighted by molar-refractivity contribution is -0.113. The number of aromatic nitrogens is 3. The fraction of sp³-hybridized carbons (Fsp3) is 0.250. The van der Waals surface area contributed by atoms with Crippen LogP contribution in [0.3, 0.4) is 0 Å². The van der Waals surface area contributed by atoms with Crippen molar-refractivity contribution in [3.63, 3.8) is 0 Å². The molecule has 1 aromatic carbocycles. The number of methoxy groups -OCH3 is 1. The Balaban J connectivity index is 1.50. The largest absolute Gasteiger partial charge is 0.465 e. The Morgan fingerprint density at radius 1 is 1.09 bits per heavy atom. The quantitative estimate of drug-likeness (QED) is 0.234. The normalized spacial score (nSPS) is 10.9. The first-order valence-electron chi connectivity index (χ1n) is 10.6. The standard InChI is InChI=1S/C24H24N4O3S3/c1-5-28-21(17-10-15(3)32-11-17)26-27-24(28)34-13-19(29)25-22-20(23(30)31-4)18(12-33-22)16-8-6-14(2)7-9-16/h6-12H,5,13H2,1-4H3,(H,25,29). The summed E-state index contributed by atoms with van der Waals surface area (Å²) in [4.78, 5) is 26.5. The molecule has 0 atom stereocenters. The lowest BCUT2D eigenvalue weighted by Crippen LogP contribution is -2.16. The maximum absolute atomic E-state index is 12.8. The van der Waals surface area contributed by atoms with Crippen molar-refractivity contribution >= 4 is 51.3 Å². The predicted molar refractivity (Wildman–Crippen MR) is 139 cm³/mol. The van der Waals surface area contributed by atoms with Gasteiger partial charge in [0, 0.05) is 33.3 Å². The van der Waals surface area contributed by atoms with E-state index < -0.39 is 5.97 Å². The third-order valence-electron chi connectivity index (χ3n) is 5.15. The summed E-state index contributed by atoms with van der Waals surface area (Å²) in [6.45, 7) is 6.78. The van der Waals surface area contributed by atoms with E-state index in [-0.39, 0.29) is 11.7 Å². The number of hydrogen-bond acceptors (Lipinski definition) is 8. The van der Waals surface area contributed by atoms with E-state index in [4.69, 9.17) is 4.74 Å². The Labute approximate surface area is 210 Å². The summed E-state index contributed by atoms with van der Waals surface area (Å²) < 4.78 is 7.00. The molecule has 0 saturated heterocycles. The topological polar surface area (TPSA) is 86.1 Å². The van der Waals surface area contributed by atoms with E-state index in [1.54, 1.807) is 11.3 Å². The van der Waals surface area contributed by atoms with Crippen LogP contribution in [-0.2, 0) is 16.1 Å². The van der Waals surface area contributed by atoms with Crippen LogP contribution in [0.1, 0.15) is 27.7 Å². The summed E-state index contributed by atoms with van der Waals surface area (Å²) >= 11 is 4.29. The van der Waals surface area contributed by atoms with Crippen molar-refractivity contribution in [1.82, 2.24) is 14.8 Å². The van der Waals surface area contributed by atoms with Crippen LogP contribution < -0.4 is 5.32 Å². The SMILES string of the molecule is CCn1c(SCC(=O)Nc2scc(-c3ccc(C)cc3)c2C(=O)OC)nnc1-c1csc(C)c1. The van der Waals surface area contributed by atoms with Crippen LogP contribution in [0.25, 0.3) is 22.5 Å². The first kappa shape index (κ1) is 24.2. The number of carbonyl (C=O) groups is 2. The second-order valence-electron chi connectivity index (χ2n) is 7.54. The van der Waals surface area contributed by atoms with Gasteiger partial charge in [-0.2, -0.15) is 0 Å². The van der Waals surface area contributed by atoms with Gasteiger partial charge in [-0.3, -0.25) is 4.79 Å². The summed E-state index contributed by atoms with van der Waals surface area (Å²) in [7, 11) is 1.34. The maximum Gasteiger partial charge on any atom is 0.341 e. The number of nitrogens with zero attached hydrogens (tertiary/aromatic N) is 3. The Morgan fingerprint density at radius 2 is 1.85 bits per heavy atom. The molecule has 0 aliphatic rings. The highest BCUT2D eigenvalue weighted by atomic mass is 32.2. The molecule has 0 radical (unpaired) electrons. The Kier molecular flexibility index (Phi) is 7.50. The van der Waals surface area contributed by atoms with Crippen LogP contribution >= 0.6 is 34.4 Å². The average molecular weight is 513 g/mol. The fourth-order valence-corrected chi connectivity index (χ4v) is 5.90. The minimum Gasteiger partial charge on any atom is -0.465 e. The van der Waals surface area contributed by atoms with E-state index in [2.05, 4.69) is 33.9 Å². The minimum absolute atomic E-state index is 0.138. The molecule has 34 heavy (non-hydrogen) atoms. The molecule has 3 aromatic heterocycles. The van der Waals surface area contributed by atoms with Crippen molar-refractivity contribution in [2.45, 2.75) is 32.5 Å². The highest BCUT2D eigenvalue weighted by Crippen LogP contribution is 2.36. The van der Waals surface area contributed by atoms with E-state index in [1.165, 1.54) is 35.1 Å². The summed E-state index contributed by atoms with van der Waals surface area (Å²) in [5.74, 6) is 0.218. The van der Waals surface area contributed by atoms with Crippen LogP contribution in [0, 0.1) is 13.8 Å². The number of ether oxygens (including phenoxy) is 1. The number of benzene rings is 1. The van der Waals surface area contributed by atoms with Gasteiger partial charge in [0.15, 0.2) is 11.0 Å². The summed E-state index contributed by atoms with van der Waals surface area (Å²) in [5, 5.41) is 16.6. The molecule has 0 spiro atoms. The predicted octanol–water partition coefficient (Wildman–Crippen LogP) is 5.89. The molecule has 1 N–H and O–H groups in total. The van der Waals surface area contributed by atoms with E-state index >= 15 is 0 Å². The van der Waals surface area contributed by atoms with Crippen LogP contribution in [0.4, 0.5) is 5.00 Å². The number of thiophene rings is 2. The lowest BCUT2D eigenvalue weighted by Gasteiger charge is -2.09. The van der Waals surface area contributed by atoms with Crippen LogP contribution in [0.15, 0.2) is 46.2 Å². The number of esters is 1. The molecule has 0 aliphatic carbocycles. The molecule has 176 valence electrons. The molecule has 4 aromatic rings. The van der Waals surface area contributed by atoms with Crippen LogP contribution in [0.2, 0.25) is 0 Å².